The van der Waals surface area contributed by atoms with E-state index in [1.54, 1.807) is 0 Å². The van der Waals surface area contributed by atoms with Gasteiger partial charge in [0.25, 0.3) is 0 Å². The summed E-state index contributed by atoms with van der Waals surface area (Å²) in [4.78, 5) is 4.82. The Morgan fingerprint density at radius 2 is 0.883 bits per heavy atom. The van der Waals surface area contributed by atoms with Gasteiger partial charge in [-0.05, 0) is 100 Å². The first-order valence-electron chi connectivity index (χ1n) is 21.0. The standard InChI is InChI=1S/C56H47N3O/c1-55(2,3)36-25-29-40(30-26-36)57(38-17-9-7-10-18-38)42-33-34-45-47(35-42)59-52-46-23-15-16-24-48(46)60-54(52)50-51(44-22-14-13-21-43(44)49(45)53(50)59)58(39-19-11-8-12-20-39)41-31-27-37(28-32-41)56(4,5)6/h7-35H,1-6H3. The van der Waals surface area contributed by atoms with Crippen molar-refractivity contribution in [2.24, 2.45) is 0 Å². The first-order valence-corrected chi connectivity index (χ1v) is 21.0. The Morgan fingerprint density at radius 1 is 0.400 bits per heavy atom. The maximum atomic E-state index is 7.06. The molecule has 292 valence electrons. The Bertz CT molecular complexity index is 3360. The number of aromatic nitrogens is 1. The largest absolute Gasteiger partial charge is 0.454 e. The molecule has 0 aliphatic rings. The van der Waals surface area contributed by atoms with Crippen LogP contribution in [0.25, 0.3) is 60.0 Å². The molecular formula is C56H47N3O. The van der Waals surface area contributed by atoms with Crippen molar-refractivity contribution >= 4 is 94.2 Å². The zero-order valence-electron chi connectivity index (χ0n) is 35.0. The molecular weight excluding hydrogens is 731 g/mol. The molecule has 0 bridgehead atoms. The van der Waals surface area contributed by atoms with Gasteiger partial charge in [0.15, 0.2) is 5.58 Å². The van der Waals surface area contributed by atoms with Crippen molar-refractivity contribution in [2.75, 3.05) is 9.80 Å². The highest BCUT2D eigenvalue weighted by molar-refractivity contribution is 6.37. The fraction of sp³-hybridized carbons (Fsp3) is 0.143. The van der Waals surface area contributed by atoms with Crippen LogP contribution >= 0.6 is 0 Å². The van der Waals surface area contributed by atoms with Crippen LogP contribution in [0.3, 0.4) is 0 Å². The second-order valence-electron chi connectivity index (χ2n) is 18.2. The van der Waals surface area contributed by atoms with Crippen LogP contribution in [-0.2, 0) is 10.8 Å². The van der Waals surface area contributed by atoms with E-state index in [4.69, 9.17) is 4.42 Å². The summed E-state index contributed by atoms with van der Waals surface area (Å²) in [5.41, 5.74) is 14.5. The fourth-order valence-corrected chi connectivity index (χ4v) is 9.41. The summed E-state index contributed by atoms with van der Waals surface area (Å²) in [6.45, 7) is 13.6. The topological polar surface area (TPSA) is 24.0 Å². The second kappa shape index (κ2) is 13.2. The molecule has 0 atom stereocenters. The molecule has 60 heavy (non-hydrogen) atoms. The van der Waals surface area contributed by atoms with E-state index >= 15 is 0 Å². The molecule has 0 aliphatic heterocycles. The van der Waals surface area contributed by atoms with Crippen LogP contribution in [0.15, 0.2) is 180 Å². The number of para-hydroxylation sites is 3. The van der Waals surface area contributed by atoms with Gasteiger partial charge < -0.3 is 18.6 Å². The molecule has 0 amide bonds. The lowest BCUT2D eigenvalue weighted by molar-refractivity contribution is 0.590. The van der Waals surface area contributed by atoms with Crippen LogP contribution < -0.4 is 9.80 Å². The van der Waals surface area contributed by atoms with Crippen molar-refractivity contribution in [3.63, 3.8) is 0 Å². The molecule has 0 radical (unpaired) electrons. The zero-order chi connectivity index (χ0) is 40.9. The van der Waals surface area contributed by atoms with Crippen molar-refractivity contribution < 1.29 is 4.42 Å². The van der Waals surface area contributed by atoms with Gasteiger partial charge in [-0.2, -0.15) is 0 Å². The first-order chi connectivity index (χ1) is 29.1. The SMILES string of the molecule is CC(C)(C)c1ccc(N(c2ccccc2)c2ccc3c4c5ccccc5c(N(c5ccccc5)c5ccc(C(C)(C)C)cc5)c5c6oc7ccccc7c6n(c3c2)c54)cc1. The molecule has 4 nitrogen and oxygen atoms in total. The minimum Gasteiger partial charge on any atom is -0.454 e. The summed E-state index contributed by atoms with van der Waals surface area (Å²) in [5, 5.41) is 7.03. The lowest BCUT2D eigenvalue weighted by Crippen LogP contribution is -2.13. The average Bonchev–Trinajstić information content (AvgIpc) is 3.90. The fourth-order valence-electron chi connectivity index (χ4n) is 9.41. The van der Waals surface area contributed by atoms with Gasteiger partial charge in [0.05, 0.1) is 22.1 Å². The van der Waals surface area contributed by atoms with Crippen molar-refractivity contribution in [1.82, 2.24) is 4.40 Å². The van der Waals surface area contributed by atoms with Crippen LogP contribution in [0.5, 0.6) is 0 Å². The number of hydrogen-bond donors (Lipinski definition) is 0. The summed E-state index contributed by atoms with van der Waals surface area (Å²) in [7, 11) is 0. The molecule has 8 aromatic carbocycles. The summed E-state index contributed by atoms with van der Waals surface area (Å²) in [5.74, 6) is 0. The molecule has 3 aromatic heterocycles. The number of rotatable bonds is 6. The molecule has 4 heteroatoms. The number of nitrogens with zero attached hydrogens (tertiary/aromatic N) is 3. The third-order valence-electron chi connectivity index (χ3n) is 12.4. The van der Waals surface area contributed by atoms with Crippen LogP contribution in [0.1, 0.15) is 52.7 Å². The monoisotopic (exact) mass is 777 g/mol. The van der Waals surface area contributed by atoms with Crippen LogP contribution in [0.2, 0.25) is 0 Å². The van der Waals surface area contributed by atoms with E-state index in [1.807, 2.05) is 0 Å². The highest BCUT2D eigenvalue weighted by Gasteiger charge is 2.31. The van der Waals surface area contributed by atoms with Gasteiger partial charge in [-0.3, -0.25) is 0 Å². The minimum atomic E-state index is 0.0325. The maximum Gasteiger partial charge on any atom is 0.163 e. The minimum absolute atomic E-state index is 0.0325. The lowest BCUT2D eigenvalue weighted by Gasteiger charge is -2.29. The van der Waals surface area contributed by atoms with Crippen LogP contribution in [0.4, 0.5) is 34.1 Å². The van der Waals surface area contributed by atoms with Gasteiger partial charge in [-0.1, -0.05) is 145 Å². The predicted molar refractivity (Wildman–Crippen MR) is 255 cm³/mol. The van der Waals surface area contributed by atoms with Crippen molar-refractivity contribution in [1.29, 1.82) is 0 Å². The second-order valence-corrected chi connectivity index (χ2v) is 18.2. The van der Waals surface area contributed by atoms with E-state index in [1.165, 1.54) is 38.2 Å². The Hall–Kier alpha value is -7.04. The molecule has 0 unspecified atom stereocenters. The molecule has 0 fully saturated rings. The van der Waals surface area contributed by atoms with Gasteiger partial charge in [-0.15, -0.1) is 0 Å². The first kappa shape index (κ1) is 36.1. The van der Waals surface area contributed by atoms with Gasteiger partial charge in [0.1, 0.15) is 11.1 Å². The van der Waals surface area contributed by atoms with Crippen molar-refractivity contribution in [2.45, 2.75) is 52.4 Å². The summed E-state index contributed by atoms with van der Waals surface area (Å²) in [6.07, 6.45) is 0. The Labute approximate surface area is 350 Å². The average molecular weight is 778 g/mol. The Kier molecular flexibility index (Phi) is 7.96. The predicted octanol–water partition coefficient (Wildman–Crippen LogP) is 16.3. The summed E-state index contributed by atoms with van der Waals surface area (Å²) < 4.78 is 9.56. The van der Waals surface area contributed by atoms with Gasteiger partial charge in [0, 0.05) is 50.0 Å². The highest BCUT2D eigenvalue weighted by Crippen LogP contribution is 2.54. The van der Waals surface area contributed by atoms with Crippen molar-refractivity contribution in [3.8, 4) is 0 Å². The lowest BCUT2D eigenvalue weighted by atomic mass is 9.87. The van der Waals surface area contributed by atoms with E-state index in [-0.39, 0.29) is 10.8 Å². The zero-order valence-corrected chi connectivity index (χ0v) is 35.0. The van der Waals surface area contributed by atoms with Gasteiger partial charge in [0.2, 0.25) is 0 Å². The van der Waals surface area contributed by atoms with Gasteiger partial charge >= 0.3 is 0 Å². The van der Waals surface area contributed by atoms with Crippen LogP contribution in [0, 0.1) is 0 Å². The number of furan rings is 1. The Morgan fingerprint density at radius 3 is 1.48 bits per heavy atom. The third kappa shape index (κ3) is 5.51. The summed E-state index contributed by atoms with van der Waals surface area (Å²) >= 11 is 0. The number of hydrogen-bond acceptors (Lipinski definition) is 3. The normalized spacial score (nSPS) is 12.5. The highest BCUT2D eigenvalue weighted by atomic mass is 16.3. The molecule has 0 spiro atoms. The molecule has 0 N–H and O–H groups in total. The molecule has 0 saturated carbocycles. The van der Waals surface area contributed by atoms with Crippen LogP contribution in [-0.4, -0.2) is 4.40 Å². The number of fused-ring (bicyclic) bond motifs is 10. The number of anilines is 6. The molecule has 11 rings (SSSR count). The van der Waals surface area contributed by atoms with Gasteiger partial charge in [-0.25, -0.2) is 0 Å². The van der Waals surface area contributed by atoms with E-state index < -0.39 is 0 Å². The van der Waals surface area contributed by atoms with E-state index in [0.29, 0.717) is 0 Å². The smallest absolute Gasteiger partial charge is 0.163 e. The number of benzene rings is 8. The van der Waals surface area contributed by atoms with Crippen molar-refractivity contribution in [3.05, 3.63) is 187 Å². The molecule has 0 aliphatic carbocycles. The maximum absolute atomic E-state index is 7.06. The third-order valence-corrected chi connectivity index (χ3v) is 12.4. The Balaban J connectivity index is 1.27. The molecule has 0 saturated heterocycles. The quantitative estimate of drug-likeness (QED) is 0.168. The van der Waals surface area contributed by atoms with E-state index in [9.17, 15) is 0 Å². The molecule has 3 heterocycles. The van der Waals surface area contributed by atoms with E-state index in [0.717, 1.165) is 67.1 Å². The summed E-state index contributed by atoms with van der Waals surface area (Å²) in [6, 6.07) is 64.1. The molecule has 11 aromatic rings. The van der Waals surface area contributed by atoms with E-state index in [2.05, 4.69) is 232 Å².